The van der Waals surface area contributed by atoms with E-state index in [0.717, 1.165) is 121 Å². The fourth-order valence-electron chi connectivity index (χ4n) is 13.2. The highest BCUT2D eigenvalue weighted by Crippen LogP contribution is 2.66. The van der Waals surface area contributed by atoms with Gasteiger partial charge >= 0.3 is 31.6 Å². The third kappa shape index (κ3) is 8.76. The summed E-state index contributed by atoms with van der Waals surface area (Å²) in [6, 6.07) is 7.95. The summed E-state index contributed by atoms with van der Waals surface area (Å²) in [5.41, 5.74) is 11.0. The molecule has 1 fully saturated rings. The van der Waals surface area contributed by atoms with E-state index >= 15 is 4.57 Å². The Balaban J connectivity index is 1.10. The van der Waals surface area contributed by atoms with Crippen molar-refractivity contribution in [1.29, 1.82) is 0 Å². The predicted octanol–water partition coefficient (Wildman–Crippen LogP) is 11.0. The van der Waals surface area contributed by atoms with E-state index < -0.39 is 36.9 Å². The van der Waals surface area contributed by atoms with Crippen LogP contribution < -0.4 is 20.4 Å². The number of aryl methyl sites for hydroxylation is 2. The molecule has 1 N–H and O–H groups in total. The van der Waals surface area contributed by atoms with Crippen molar-refractivity contribution in [2.45, 2.75) is 166 Å². The van der Waals surface area contributed by atoms with Gasteiger partial charge in [-0.3, -0.25) is 14.2 Å². The Morgan fingerprint density at radius 2 is 1.30 bits per heavy atom. The third-order valence-corrected chi connectivity index (χ3v) is 18.0. The minimum absolute atomic E-state index is 0.00526. The average Bonchev–Trinajstić information content (AvgIpc) is 3.62. The van der Waals surface area contributed by atoms with E-state index in [1.165, 1.54) is 50.8 Å². The number of benzene rings is 3. The van der Waals surface area contributed by atoms with Crippen LogP contribution in [0.25, 0.3) is 0 Å². The van der Waals surface area contributed by atoms with Crippen LogP contribution in [0.1, 0.15) is 178 Å². The number of carbonyl (C=O) groups excluding carboxylic acids is 3. The van der Waals surface area contributed by atoms with Crippen molar-refractivity contribution in [3.05, 3.63) is 84.9 Å². The van der Waals surface area contributed by atoms with Crippen molar-refractivity contribution in [1.82, 2.24) is 5.32 Å². The second-order valence-electron chi connectivity index (χ2n) is 21.5. The van der Waals surface area contributed by atoms with Crippen LogP contribution in [0.2, 0.25) is 5.02 Å². The minimum atomic E-state index is -5.01. The molecule has 1 amide bonds. The maximum atomic E-state index is 15.6. The van der Waals surface area contributed by atoms with Gasteiger partial charge in [0.1, 0.15) is 5.60 Å². The number of esters is 2. The van der Waals surface area contributed by atoms with Crippen molar-refractivity contribution < 1.29 is 50.6 Å². The van der Waals surface area contributed by atoms with Gasteiger partial charge in [-0.2, -0.15) is 13.2 Å². The van der Waals surface area contributed by atoms with Gasteiger partial charge in [0.25, 0.3) is 0 Å². The number of amides is 1. The van der Waals surface area contributed by atoms with Crippen LogP contribution in [0.5, 0.6) is 0 Å². The molecule has 1 saturated carbocycles. The Morgan fingerprint density at radius 3 is 1.86 bits per heavy atom. The number of rotatable bonds is 14. The maximum Gasteiger partial charge on any atom is 0.471 e. The van der Waals surface area contributed by atoms with E-state index in [1.54, 1.807) is 6.07 Å². The summed E-state index contributed by atoms with van der Waals surface area (Å²) < 4.78 is 79.4. The van der Waals surface area contributed by atoms with Gasteiger partial charge in [-0.25, -0.2) is 4.79 Å². The van der Waals surface area contributed by atoms with Crippen molar-refractivity contribution in [3.8, 4) is 0 Å². The number of anilines is 2. The van der Waals surface area contributed by atoms with Crippen LogP contribution >= 0.6 is 19.2 Å². The summed E-state index contributed by atoms with van der Waals surface area (Å²) in [6.45, 7) is 9.07. The summed E-state index contributed by atoms with van der Waals surface area (Å²) >= 11 is 7.30. The summed E-state index contributed by atoms with van der Waals surface area (Å²) in [4.78, 5) is 44.0. The van der Waals surface area contributed by atoms with Crippen LogP contribution in [0.15, 0.2) is 24.3 Å². The summed E-state index contributed by atoms with van der Waals surface area (Å²) in [5, 5.41) is 2.09. The maximum absolute atomic E-state index is 15.6. The van der Waals surface area contributed by atoms with Gasteiger partial charge in [-0.05, 0) is 168 Å². The van der Waals surface area contributed by atoms with Gasteiger partial charge in [0, 0.05) is 72.6 Å². The molecule has 378 valence electrons. The zero-order valence-electron chi connectivity index (χ0n) is 40.8. The van der Waals surface area contributed by atoms with Crippen molar-refractivity contribution in [2.24, 2.45) is 0 Å². The van der Waals surface area contributed by atoms with Gasteiger partial charge in [0.2, 0.25) is 0 Å². The number of nitrogens with zero attached hydrogens (tertiary/aromatic N) is 2. The Hall–Kier alpha value is -4.10. The van der Waals surface area contributed by atoms with Crippen LogP contribution in [-0.4, -0.2) is 75.6 Å². The largest absolute Gasteiger partial charge is 0.471 e. The Bertz CT molecular complexity index is 2550. The molecule has 70 heavy (non-hydrogen) atoms. The summed E-state index contributed by atoms with van der Waals surface area (Å²) in [7, 11) is -4.30. The topological polar surface area (TPSA) is 124 Å². The first-order chi connectivity index (χ1) is 33.4. The van der Waals surface area contributed by atoms with Crippen LogP contribution in [0, 0.1) is 0 Å². The number of unbranched alkanes of at least 4 members (excludes halogenated alkanes) is 3. The predicted molar refractivity (Wildman–Crippen MR) is 263 cm³/mol. The first kappa shape index (κ1) is 49.5. The highest BCUT2D eigenvalue weighted by molar-refractivity contribution is 7.62. The number of halogens is 4. The molecule has 0 bridgehead atoms. The van der Waals surface area contributed by atoms with E-state index in [1.807, 2.05) is 26.1 Å². The van der Waals surface area contributed by atoms with E-state index in [9.17, 15) is 27.6 Å². The van der Waals surface area contributed by atoms with Crippen molar-refractivity contribution >= 4 is 53.7 Å². The molecular formula is C54H66ClF3N3O8P. The van der Waals surface area contributed by atoms with E-state index in [-0.39, 0.29) is 66.3 Å². The van der Waals surface area contributed by atoms with Crippen LogP contribution in [0.3, 0.4) is 0 Å². The second-order valence-corrected chi connectivity index (χ2v) is 24.0. The molecule has 3 aromatic rings. The minimum Gasteiger partial charge on any atom is -0.460 e. The molecule has 16 heteroatoms. The fraction of sp³-hybridized carbons (Fsp3) is 0.611. The number of fused-ring (bicyclic) bond motifs is 10. The van der Waals surface area contributed by atoms with Gasteiger partial charge in [0.05, 0.1) is 29.1 Å². The monoisotopic (exact) mass is 1010 g/mol. The average molecular weight is 1010 g/mol. The van der Waals surface area contributed by atoms with E-state index in [2.05, 4.69) is 21.9 Å². The van der Waals surface area contributed by atoms with Gasteiger partial charge in [-0.15, -0.1) is 0 Å². The molecule has 10 rings (SSSR count). The second kappa shape index (κ2) is 19.1. The molecule has 7 aliphatic rings. The summed E-state index contributed by atoms with van der Waals surface area (Å²) in [5.74, 6) is -2.89. The fourth-order valence-corrected chi connectivity index (χ4v) is 15.3. The third-order valence-electron chi connectivity index (χ3n) is 15.8. The number of nitrogens with one attached hydrogen (secondary N) is 1. The highest BCUT2D eigenvalue weighted by Gasteiger charge is 2.61. The number of carbonyl (C=O) groups is 3. The molecule has 1 atom stereocenters. The number of hydrogen-bond donors (Lipinski definition) is 1. The van der Waals surface area contributed by atoms with Gasteiger partial charge in [0.15, 0.2) is 5.60 Å². The molecular weight excluding hydrogens is 942 g/mol. The number of ether oxygens (including phenoxy) is 2. The lowest BCUT2D eigenvalue weighted by Crippen LogP contribution is -2.49. The highest BCUT2D eigenvalue weighted by atomic mass is 35.5. The molecule has 2 spiro atoms. The van der Waals surface area contributed by atoms with Crippen molar-refractivity contribution in [3.63, 3.8) is 0 Å². The first-order valence-corrected chi connectivity index (χ1v) is 27.8. The molecule has 2 aliphatic carbocycles. The smallest absolute Gasteiger partial charge is 0.460 e. The molecule has 0 saturated heterocycles. The quantitative estimate of drug-likeness (QED) is 0.0948. The lowest BCUT2D eigenvalue weighted by molar-refractivity contribution is -0.173. The normalized spacial score (nSPS) is 20.2. The van der Waals surface area contributed by atoms with E-state index in [4.69, 9.17) is 30.1 Å². The molecule has 0 radical (unpaired) electrons. The zero-order valence-corrected chi connectivity index (χ0v) is 42.5. The SMILES string of the molecule is CC(C)(C)OC(=O)CCCCCOP(=O)(OCCCCNC(=O)C(F)(F)F)c1cc(Cl)c2c(c1)C1(OC2=O)c2cc3c4c(c2C2(CCCCC2)c2c1cc1c5c2CCCN5CCC1)CCCN4CCC3. The van der Waals surface area contributed by atoms with Crippen LogP contribution in [0.4, 0.5) is 24.5 Å². The Kier molecular flexibility index (Phi) is 13.5. The molecule has 5 aliphatic heterocycles. The molecule has 5 heterocycles. The first-order valence-electron chi connectivity index (χ1n) is 25.9. The lowest BCUT2D eigenvalue weighted by Gasteiger charge is -2.54. The van der Waals surface area contributed by atoms with E-state index in [0.29, 0.717) is 24.8 Å². The lowest BCUT2D eigenvalue weighted by atomic mass is 9.52. The molecule has 3 aromatic carbocycles. The Morgan fingerprint density at radius 1 is 0.743 bits per heavy atom. The standard InChI is InChI=1S/C54H66ClF3N3O8P/c1-51(2,3)68-43(62)20-6-4-10-28-66-70(65,67-29-11-9-23-59-50(64)54(56,57)58)36-32-39-44(42(55)33-36)49(63)69-53(39)40-30-34-16-12-24-60-26-14-18-37(47(34)60)45(40)52(21-7-5-8-22-52)46-38-19-15-27-61-25-13-17-35(48(38)61)31-41(46)53/h30-33H,4-29H2,1-3H3,(H,59,64). The molecule has 11 nitrogen and oxygen atoms in total. The van der Waals surface area contributed by atoms with Crippen LogP contribution in [-0.2, 0) is 69.4 Å². The van der Waals surface area contributed by atoms with Gasteiger partial charge in [-0.1, -0.05) is 37.3 Å². The zero-order chi connectivity index (χ0) is 49.2. The number of alkyl halides is 3. The van der Waals surface area contributed by atoms with Crippen molar-refractivity contribution in [2.75, 3.05) is 55.7 Å². The Labute approximate surface area is 414 Å². The van der Waals surface area contributed by atoms with Gasteiger partial charge < -0.3 is 33.6 Å². The summed E-state index contributed by atoms with van der Waals surface area (Å²) in [6.07, 6.45) is 10.1. The molecule has 1 unspecified atom stereocenters. The number of hydrogen-bond acceptors (Lipinski definition) is 10. The molecule has 0 aromatic heterocycles.